The van der Waals surface area contributed by atoms with Crippen molar-refractivity contribution in [2.24, 2.45) is 0 Å². The molecule has 2 aliphatic rings. The molecule has 19 heavy (non-hydrogen) atoms. The smallest absolute Gasteiger partial charge is 0.135 e. The lowest BCUT2D eigenvalue weighted by Gasteiger charge is -2.21. The Hall–Kier alpha value is -0.480. The topological polar surface area (TPSA) is 37.8 Å². The number of nitrogens with one attached hydrogen (secondary N) is 1. The lowest BCUT2D eigenvalue weighted by Crippen LogP contribution is -2.26. The van der Waals surface area contributed by atoms with Crippen LogP contribution in [0.3, 0.4) is 0 Å². The van der Waals surface area contributed by atoms with Gasteiger partial charge >= 0.3 is 0 Å². The van der Waals surface area contributed by atoms with Crippen LogP contribution in [0.2, 0.25) is 5.15 Å². The lowest BCUT2D eigenvalue weighted by molar-refractivity contribution is 0.758. The molecule has 0 aromatic carbocycles. The molecule has 1 N–H and O–H groups in total. The van der Waals surface area contributed by atoms with E-state index in [0.29, 0.717) is 22.4 Å². The van der Waals surface area contributed by atoms with Crippen LogP contribution >= 0.6 is 23.4 Å². The average Bonchev–Trinajstić information content (AvgIpc) is 3.14. The molecular weight excluding hydrogens is 278 g/mol. The molecule has 2 fully saturated rings. The van der Waals surface area contributed by atoms with Crippen LogP contribution in [0.25, 0.3) is 0 Å². The molecule has 1 aromatic rings. The fourth-order valence-electron chi connectivity index (χ4n) is 2.73. The zero-order valence-corrected chi connectivity index (χ0v) is 12.8. The summed E-state index contributed by atoms with van der Waals surface area (Å²) in [5.41, 5.74) is 0. The third-order valence-corrected chi connectivity index (χ3v) is 5.34. The lowest BCUT2D eigenvalue weighted by atomic mass is 10.2. The van der Waals surface area contributed by atoms with Crippen molar-refractivity contribution in [1.29, 1.82) is 0 Å². The van der Waals surface area contributed by atoms with Gasteiger partial charge in [0.1, 0.15) is 16.8 Å². The van der Waals surface area contributed by atoms with Gasteiger partial charge in [0.15, 0.2) is 0 Å². The zero-order chi connectivity index (χ0) is 13.2. The molecule has 2 aliphatic carbocycles. The predicted octanol–water partition coefficient (Wildman–Crippen LogP) is 4.09. The largest absolute Gasteiger partial charge is 0.366 e. The van der Waals surface area contributed by atoms with Crippen molar-refractivity contribution in [2.75, 3.05) is 11.1 Å². The van der Waals surface area contributed by atoms with Crippen LogP contribution < -0.4 is 5.32 Å². The molecule has 104 valence electrons. The molecule has 0 radical (unpaired) electrons. The third kappa shape index (κ3) is 3.34. The summed E-state index contributed by atoms with van der Waals surface area (Å²) in [5.74, 6) is 3.56. The Morgan fingerprint density at radius 2 is 2.16 bits per heavy atom. The van der Waals surface area contributed by atoms with Crippen LogP contribution in [0.5, 0.6) is 0 Å². The molecule has 3 rings (SSSR count). The highest BCUT2D eigenvalue weighted by Crippen LogP contribution is 2.39. The van der Waals surface area contributed by atoms with Crippen LogP contribution in [0.15, 0.2) is 6.07 Å². The van der Waals surface area contributed by atoms with Gasteiger partial charge in [-0.05, 0) is 31.4 Å². The number of thioether (sulfide) groups is 1. The fraction of sp³-hybridized carbons (Fsp3) is 0.714. The van der Waals surface area contributed by atoms with Crippen molar-refractivity contribution >= 4 is 29.2 Å². The van der Waals surface area contributed by atoms with E-state index in [1.54, 1.807) is 0 Å². The second-order valence-corrected chi connectivity index (χ2v) is 7.29. The maximum absolute atomic E-state index is 6.11. The maximum atomic E-state index is 6.11. The van der Waals surface area contributed by atoms with Crippen molar-refractivity contribution in [3.63, 3.8) is 0 Å². The summed E-state index contributed by atoms with van der Waals surface area (Å²) in [6.45, 7) is 2.23. The summed E-state index contributed by atoms with van der Waals surface area (Å²) in [6.07, 6.45) is 6.27. The van der Waals surface area contributed by atoms with Crippen LogP contribution in [-0.4, -0.2) is 27.0 Å². The minimum atomic E-state index is 0.531. The number of hydrogen-bond donors (Lipinski definition) is 1. The summed E-state index contributed by atoms with van der Waals surface area (Å²) in [7, 11) is 0. The molecule has 2 saturated carbocycles. The minimum Gasteiger partial charge on any atom is -0.366 e. The number of anilines is 1. The van der Waals surface area contributed by atoms with E-state index in [1.165, 1.54) is 37.9 Å². The standard InChI is InChI=1S/C14H20ClN3S/c1-2-19-11-5-3-4-10(11)16-13-8-12(15)17-14(18-13)9-6-7-9/h8-11H,2-7H2,1H3,(H,16,17,18). The van der Waals surface area contributed by atoms with Crippen molar-refractivity contribution in [1.82, 2.24) is 9.97 Å². The van der Waals surface area contributed by atoms with Crippen LogP contribution in [0, 0.1) is 0 Å². The molecule has 2 unspecified atom stereocenters. The minimum absolute atomic E-state index is 0.531. The number of nitrogens with zero attached hydrogens (tertiary/aromatic N) is 2. The number of rotatable bonds is 5. The highest BCUT2D eigenvalue weighted by atomic mass is 35.5. The van der Waals surface area contributed by atoms with E-state index in [0.717, 1.165) is 11.6 Å². The van der Waals surface area contributed by atoms with Crippen LogP contribution in [0.4, 0.5) is 5.82 Å². The van der Waals surface area contributed by atoms with Gasteiger partial charge in [-0.25, -0.2) is 9.97 Å². The zero-order valence-electron chi connectivity index (χ0n) is 11.2. The van der Waals surface area contributed by atoms with Gasteiger partial charge in [0, 0.05) is 23.3 Å². The van der Waals surface area contributed by atoms with Gasteiger partial charge < -0.3 is 5.32 Å². The summed E-state index contributed by atoms with van der Waals surface area (Å²) >= 11 is 8.16. The Bertz CT molecular complexity index is 450. The van der Waals surface area contributed by atoms with E-state index in [4.69, 9.17) is 11.6 Å². The first kappa shape index (κ1) is 13.5. The number of hydrogen-bond acceptors (Lipinski definition) is 4. The Morgan fingerprint density at radius 3 is 2.89 bits per heavy atom. The van der Waals surface area contributed by atoms with Gasteiger partial charge in [-0.1, -0.05) is 24.9 Å². The van der Waals surface area contributed by atoms with E-state index in [1.807, 2.05) is 6.07 Å². The van der Waals surface area contributed by atoms with Gasteiger partial charge in [0.2, 0.25) is 0 Å². The molecule has 3 nitrogen and oxygen atoms in total. The van der Waals surface area contributed by atoms with Gasteiger partial charge in [-0.15, -0.1) is 0 Å². The van der Waals surface area contributed by atoms with Crippen molar-refractivity contribution in [3.05, 3.63) is 17.0 Å². The highest BCUT2D eigenvalue weighted by molar-refractivity contribution is 7.99. The molecule has 0 amide bonds. The van der Waals surface area contributed by atoms with Gasteiger partial charge in [-0.2, -0.15) is 11.8 Å². The average molecular weight is 298 g/mol. The second-order valence-electron chi connectivity index (χ2n) is 5.38. The van der Waals surface area contributed by atoms with Gasteiger partial charge in [-0.3, -0.25) is 0 Å². The van der Waals surface area contributed by atoms with Gasteiger partial charge in [0.25, 0.3) is 0 Å². The highest BCUT2D eigenvalue weighted by Gasteiger charge is 2.29. The summed E-state index contributed by atoms with van der Waals surface area (Å²) < 4.78 is 0. The normalized spacial score (nSPS) is 26.6. The van der Waals surface area contributed by atoms with E-state index < -0.39 is 0 Å². The fourth-order valence-corrected chi connectivity index (χ4v) is 4.12. The summed E-state index contributed by atoms with van der Waals surface area (Å²) in [6, 6.07) is 2.39. The first-order valence-corrected chi connectivity index (χ1v) is 8.61. The monoisotopic (exact) mass is 297 g/mol. The number of halogens is 1. The molecule has 1 heterocycles. The SMILES string of the molecule is CCSC1CCCC1Nc1cc(Cl)nc(C2CC2)n1. The van der Waals surface area contributed by atoms with Crippen molar-refractivity contribution in [2.45, 2.75) is 56.2 Å². The summed E-state index contributed by atoms with van der Waals surface area (Å²) in [5, 5.41) is 4.86. The first-order valence-electron chi connectivity index (χ1n) is 7.19. The predicted molar refractivity (Wildman–Crippen MR) is 82.2 cm³/mol. The molecule has 0 aliphatic heterocycles. The second kappa shape index (κ2) is 5.88. The molecule has 0 bridgehead atoms. The molecule has 5 heteroatoms. The Kier molecular flexibility index (Phi) is 4.18. The number of aromatic nitrogens is 2. The van der Waals surface area contributed by atoms with E-state index >= 15 is 0 Å². The Balaban J connectivity index is 1.71. The Labute approximate surface area is 123 Å². The van der Waals surface area contributed by atoms with E-state index in [2.05, 4.69) is 34.0 Å². The molecule has 1 aromatic heterocycles. The molecular formula is C14H20ClN3S. The van der Waals surface area contributed by atoms with Crippen LogP contribution in [0.1, 0.15) is 50.8 Å². The van der Waals surface area contributed by atoms with Crippen LogP contribution in [-0.2, 0) is 0 Å². The quantitative estimate of drug-likeness (QED) is 0.831. The summed E-state index contributed by atoms with van der Waals surface area (Å²) in [4.78, 5) is 8.97. The first-order chi connectivity index (χ1) is 9.26. The van der Waals surface area contributed by atoms with Crippen molar-refractivity contribution < 1.29 is 0 Å². The molecule has 0 spiro atoms. The maximum Gasteiger partial charge on any atom is 0.135 e. The molecule has 2 atom stereocenters. The van der Waals surface area contributed by atoms with Gasteiger partial charge in [0.05, 0.1) is 0 Å². The van der Waals surface area contributed by atoms with E-state index in [-0.39, 0.29) is 0 Å². The third-order valence-electron chi connectivity index (χ3n) is 3.82. The Morgan fingerprint density at radius 1 is 1.32 bits per heavy atom. The molecule has 0 saturated heterocycles. The van der Waals surface area contributed by atoms with Crippen molar-refractivity contribution in [3.8, 4) is 0 Å². The van der Waals surface area contributed by atoms with E-state index in [9.17, 15) is 0 Å².